The highest BCUT2D eigenvalue weighted by Crippen LogP contribution is 2.34. The van der Waals surface area contributed by atoms with Crippen LogP contribution in [0.2, 0.25) is 0 Å². The first-order valence-electron chi connectivity index (χ1n) is 11.3. The molecule has 2 unspecified atom stereocenters. The van der Waals surface area contributed by atoms with E-state index in [1.165, 1.54) is 12.0 Å². The van der Waals surface area contributed by atoms with Crippen LogP contribution in [-0.2, 0) is 23.9 Å². The van der Waals surface area contributed by atoms with Crippen molar-refractivity contribution in [1.82, 2.24) is 15.5 Å². The van der Waals surface area contributed by atoms with Crippen LogP contribution in [0.4, 0.5) is 4.79 Å². The smallest absolute Gasteiger partial charge is 0.408 e. The molecule has 0 saturated heterocycles. The number of hydrogen-bond donors (Lipinski definition) is 3. The summed E-state index contributed by atoms with van der Waals surface area (Å²) in [5.41, 5.74) is 0.863. The number of ether oxygens (including phenoxy) is 2. The number of nitrogens with zero attached hydrogens (tertiary/aromatic N) is 1. The summed E-state index contributed by atoms with van der Waals surface area (Å²) in [7, 11) is 1.23. The van der Waals surface area contributed by atoms with Crippen molar-refractivity contribution in [3.05, 3.63) is 35.4 Å². The first-order valence-corrected chi connectivity index (χ1v) is 11.9. The zero-order valence-electron chi connectivity index (χ0n) is 20.4. The molecule has 188 valence electrons. The first-order chi connectivity index (χ1) is 16.0. The zero-order chi connectivity index (χ0) is 25.5. The van der Waals surface area contributed by atoms with Crippen molar-refractivity contribution in [3.8, 4) is 0 Å². The molecule has 1 aliphatic carbocycles. The van der Waals surface area contributed by atoms with Crippen LogP contribution < -0.4 is 10.6 Å². The Balaban J connectivity index is 2.39. The summed E-state index contributed by atoms with van der Waals surface area (Å²) in [5, 5.41) is 5.16. The molecule has 3 amide bonds. The Labute approximate surface area is 206 Å². The van der Waals surface area contributed by atoms with Gasteiger partial charge in [-0.1, -0.05) is 29.8 Å². The highest BCUT2D eigenvalue weighted by Gasteiger charge is 2.41. The summed E-state index contributed by atoms with van der Waals surface area (Å²) in [4.78, 5) is 52.5. The van der Waals surface area contributed by atoms with Gasteiger partial charge >= 0.3 is 12.1 Å². The molecular formula is C24H35N3O6S. The Hall–Kier alpha value is -2.75. The van der Waals surface area contributed by atoms with Gasteiger partial charge in [-0.25, -0.2) is 4.79 Å². The number of nitrogens with one attached hydrogen (secondary N) is 2. The van der Waals surface area contributed by atoms with Crippen molar-refractivity contribution in [3.63, 3.8) is 0 Å². The fourth-order valence-corrected chi connectivity index (χ4v) is 3.76. The maximum Gasteiger partial charge on any atom is 0.408 e. The molecule has 10 heteroatoms. The number of alkyl carbamates (subject to hydrolysis) is 1. The molecule has 0 aliphatic heterocycles. The summed E-state index contributed by atoms with van der Waals surface area (Å²) in [6.07, 6.45) is 1.63. The van der Waals surface area contributed by atoms with Gasteiger partial charge in [0.05, 0.1) is 7.11 Å². The van der Waals surface area contributed by atoms with Crippen LogP contribution in [0.15, 0.2) is 24.3 Å². The van der Waals surface area contributed by atoms with Gasteiger partial charge in [-0.05, 0) is 52.5 Å². The van der Waals surface area contributed by atoms with Crippen LogP contribution in [0.3, 0.4) is 0 Å². The largest absolute Gasteiger partial charge is 0.468 e. The van der Waals surface area contributed by atoms with E-state index in [1.54, 1.807) is 32.9 Å². The van der Waals surface area contributed by atoms with Crippen molar-refractivity contribution in [2.45, 2.75) is 70.7 Å². The highest BCUT2D eigenvalue weighted by molar-refractivity contribution is 7.80. The molecule has 1 saturated carbocycles. The van der Waals surface area contributed by atoms with Crippen molar-refractivity contribution in [1.29, 1.82) is 0 Å². The Bertz CT molecular complexity index is 880. The number of aryl methyl sites for hydroxylation is 1. The lowest BCUT2D eigenvalue weighted by Gasteiger charge is -2.43. The molecule has 0 aromatic heterocycles. The molecule has 1 aliphatic rings. The molecular weight excluding hydrogens is 458 g/mol. The van der Waals surface area contributed by atoms with E-state index >= 15 is 0 Å². The van der Waals surface area contributed by atoms with Gasteiger partial charge in [-0.3, -0.25) is 14.4 Å². The lowest BCUT2D eigenvalue weighted by atomic mass is 9.88. The quantitative estimate of drug-likeness (QED) is 0.360. The van der Waals surface area contributed by atoms with E-state index in [-0.39, 0.29) is 18.3 Å². The van der Waals surface area contributed by atoms with E-state index < -0.39 is 41.6 Å². The van der Waals surface area contributed by atoms with Gasteiger partial charge in [-0.2, -0.15) is 12.6 Å². The topological polar surface area (TPSA) is 114 Å². The Morgan fingerprint density at radius 3 is 2.24 bits per heavy atom. The van der Waals surface area contributed by atoms with E-state index in [2.05, 4.69) is 28.0 Å². The number of methoxy groups -OCH3 is 1. The zero-order valence-corrected chi connectivity index (χ0v) is 21.3. The fraction of sp³-hybridized carbons (Fsp3) is 0.583. The first kappa shape index (κ1) is 27.5. The van der Waals surface area contributed by atoms with Crippen LogP contribution in [-0.4, -0.2) is 65.9 Å². The monoisotopic (exact) mass is 493 g/mol. The van der Waals surface area contributed by atoms with Crippen molar-refractivity contribution >= 4 is 36.5 Å². The third-order valence-corrected chi connectivity index (χ3v) is 5.81. The SMILES string of the molecule is COC(=O)CNC(=O)C(c1ccc(C)cc1)N(C(=O)C(CS)NC(=O)OC(C)(C)C)C1CCC1. The van der Waals surface area contributed by atoms with E-state index in [4.69, 9.17) is 4.74 Å². The summed E-state index contributed by atoms with van der Waals surface area (Å²) in [6, 6.07) is 5.10. The second kappa shape index (κ2) is 12.1. The van der Waals surface area contributed by atoms with Gasteiger partial charge in [0.1, 0.15) is 24.2 Å². The summed E-state index contributed by atoms with van der Waals surface area (Å²) < 4.78 is 9.92. The second-order valence-electron chi connectivity index (χ2n) is 9.32. The molecule has 1 aromatic rings. The molecule has 0 spiro atoms. The molecule has 2 N–H and O–H groups in total. The minimum atomic E-state index is -1.000. The molecule has 1 fully saturated rings. The third kappa shape index (κ3) is 7.65. The van der Waals surface area contributed by atoms with Crippen molar-refractivity contribution in [2.24, 2.45) is 0 Å². The summed E-state index contributed by atoms with van der Waals surface area (Å²) in [6.45, 7) is 6.78. The van der Waals surface area contributed by atoms with Crippen LogP contribution in [0.1, 0.15) is 57.2 Å². The van der Waals surface area contributed by atoms with E-state index in [1.807, 2.05) is 19.1 Å². The maximum atomic E-state index is 13.7. The number of esters is 1. The molecule has 0 radical (unpaired) electrons. The third-order valence-electron chi connectivity index (χ3n) is 5.45. The molecule has 2 rings (SSSR count). The molecule has 0 heterocycles. The number of amides is 3. The maximum absolute atomic E-state index is 13.7. The normalized spacial score (nSPS) is 15.4. The van der Waals surface area contributed by atoms with E-state index in [0.29, 0.717) is 5.56 Å². The lowest BCUT2D eigenvalue weighted by molar-refractivity contribution is -0.148. The van der Waals surface area contributed by atoms with E-state index in [0.717, 1.165) is 24.8 Å². The number of carbonyl (C=O) groups excluding carboxylic acids is 4. The summed E-state index contributed by atoms with van der Waals surface area (Å²) >= 11 is 4.27. The van der Waals surface area contributed by atoms with Gasteiger partial charge in [-0.15, -0.1) is 0 Å². The molecule has 2 atom stereocenters. The van der Waals surface area contributed by atoms with Gasteiger partial charge in [0.15, 0.2) is 0 Å². The minimum Gasteiger partial charge on any atom is -0.468 e. The van der Waals surface area contributed by atoms with Crippen LogP contribution in [0, 0.1) is 6.92 Å². The molecule has 9 nitrogen and oxygen atoms in total. The second-order valence-corrected chi connectivity index (χ2v) is 9.68. The average Bonchev–Trinajstić information content (AvgIpc) is 2.73. The van der Waals surface area contributed by atoms with Gasteiger partial charge < -0.3 is 25.0 Å². The van der Waals surface area contributed by atoms with Gasteiger partial charge in [0.2, 0.25) is 11.8 Å². The number of thiol groups is 1. The van der Waals surface area contributed by atoms with Crippen LogP contribution in [0.5, 0.6) is 0 Å². The van der Waals surface area contributed by atoms with Crippen LogP contribution in [0.25, 0.3) is 0 Å². The van der Waals surface area contributed by atoms with E-state index in [9.17, 15) is 19.2 Å². The lowest BCUT2D eigenvalue weighted by Crippen LogP contribution is -2.58. The standard InChI is InChI=1S/C24H35N3O6S/c1-15-9-11-16(12-10-15)20(21(29)25-13-19(28)32-5)27(17-7-6-8-17)22(30)18(14-34)26-23(31)33-24(2,3)4/h9-12,17-18,20,34H,6-8,13-14H2,1-5H3,(H,25,29)(H,26,31). The predicted molar refractivity (Wildman–Crippen MR) is 130 cm³/mol. The fourth-order valence-electron chi connectivity index (χ4n) is 3.51. The molecule has 0 bridgehead atoms. The van der Waals surface area contributed by atoms with Crippen LogP contribution >= 0.6 is 12.6 Å². The molecule has 34 heavy (non-hydrogen) atoms. The van der Waals surface area contributed by atoms with Crippen molar-refractivity contribution < 1.29 is 28.7 Å². The van der Waals surface area contributed by atoms with Crippen molar-refractivity contribution in [2.75, 3.05) is 19.4 Å². The average molecular weight is 494 g/mol. The number of carbonyl (C=O) groups is 4. The predicted octanol–water partition coefficient (Wildman–Crippen LogP) is 2.53. The number of rotatable bonds is 9. The molecule has 1 aromatic carbocycles. The summed E-state index contributed by atoms with van der Waals surface area (Å²) in [5.74, 6) is -1.53. The Kier molecular flexibility index (Phi) is 9.78. The Morgan fingerprint density at radius 1 is 1.15 bits per heavy atom. The highest BCUT2D eigenvalue weighted by atomic mass is 32.1. The van der Waals surface area contributed by atoms with Gasteiger partial charge in [0.25, 0.3) is 0 Å². The Morgan fingerprint density at radius 2 is 1.76 bits per heavy atom. The number of hydrogen-bond acceptors (Lipinski definition) is 7. The minimum absolute atomic E-state index is 0.0195. The number of benzene rings is 1. The van der Waals surface area contributed by atoms with Gasteiger partial charge in [0, 0.05) is 11.8 Å².